The van der Waals surface area contributed by atoms with Crippen LogP contribution in [0.1, 0.15) is 0 Å². The normalized spacial score (nSPS) is 13.3. The second-order valence-corrected chi connectivity index (χ2v) is 4.34. The van der Waals surface area contributed by atoms with Crippen LogP contribution in [-0.4, -0.2) is 16.1 Å². The number of hydrogen-bond acceptors (Lipinski definition) is 0. The van der Waals surface area contributed by atoms with Crippen LogP contribution in [0.3, 0.4) is 0 Å². The molecule has 0 nitrogen and oxygen atoms in total. The van der Waals surface area contributed by atoms with E-state index in [0.29, 0.717) is 0 Å². The zero-order valence-electron chi connectivity index (χ0n) is 3.92. The Balaban J connectivity index is 4.01. The summed E-state index contributed by atoms with van der Waals surface area (Å²) in [5.41, 5.74) is 0. The average Bonchev–Trinajstić information content (AvgIpc) is 1.65. The van der Waals surface area contributed by atoms with E-state index in [1.54, 1.807) is 0 Å². The molecule has 0 rings (SSSR count). The lowest BCUT2D eigenvalue weighted by Gasteiger charge is -2.15. The van der Waals surface area contributed by atoms with Gasteiger partial charge in [-0.2, -0.15) is 8.78 Å². The van der Waals surface area contributed by atoms with Gasteiger partial charge in [0.2, 0.25) is 0 Å². The van der Waals surface area contributed by atoms with Gasteiger partial charge in [0.15, 0.2) is 0 Å². The van der Waals surface area contributed by atoms with Crippen molar-refractivity contribution in [1.29, 1.82) is 0 Å². The largest absolute Gasteiger partial charge is 0.329 e. The molecule has 9 heavy (non-hydrogen) atoms. The van der Waals surface area contributed by atoms with Crippen molar-refractivity contribution in [3.05, 3.63) is 0 Å². The summed E-state index contributed by atoms with van der Waals surface area (Å²) in [5.74, 6) is -4.00. The lowest BCUT2D eigenvalue weighted by Crippen LogP contribution is -2.32. The minimum atomic E-state index is -4.00. The zero-order chi connectivity index (χ0) is 7.65. The summed E-state index contributed by atoms with van der Waals surface area (Å²) in [6.07, 6.45) is -3.64. The fourth-order valence-electron chi connectivity index (χ4n) is 0.0952. The van der Waals surface area contributed by atoms with Crippen molar-refractivity contribution in [1.82, 2.24) is 0 Å². The summed E-state index contributed by atoms with van der Waals surface area (Å²) in [5, 5.41) is 0. The molecule has 56 valence electrons. The number of alkyl halides is 6. The van der Waals surface area contributed by atoms with E-state index in [9.17, 15) is 17.6 Å². The van der Waals surface area contributed by atoms with E-state index >= 15 is 0 Å². The molecular formula is C3H2Br2F4. The Hall–Kier alpha value is 0.680. The van der Waals surface area contributed by atoms with Gasteiger partial charge in [-0.15, -0.1) is 0 Å². The highest BCUT2D eigenvalue weighted by atomic mass is 79.9. The van der Waals surface area contributed by atoms with Gasteiger partial charge in [-0.3, -0.25) is 0 Å². The third-order valence-corrected chi connectivity index (χ3v) is 1.80. The maximum absolute atomic E-state index is 11.8. The Morgan fingerprint density at radius 2 is 1.44 bits per heavy atom. The molecule has 0 saturated heterocycles. The predicted molar refractivity (Wildman–Crippen MR) is 32.6 cm³/mol. The molecule has 6 heteroatoms. The van der Waals surface area contributed by atoms with Gasteiger partial charge in [0.25, 0.3) is 0 Å². The minimum absolute atomic E-state index is 1.67. The van der Waals surface area contributed by atoms with E-state index < -0.39 is 16.1 Å². The number of hydrogen-bond donors (Lipinski definition) is 0. The van der Waals surface area contributed by atoms with Crippen LogP contribution in [0.25, 0.3) is 0 Å². The molecule has 0 bridgehead atoms. The monoisotopic (exact) mass is 272 g/mol. The fraction of sp³-hybridized carbons (Fsp3) is 1.00. The Morgan fingerprint density at radius 3 is 1.44 bits per heavy atom. The summed E-state index contributed by atoms with van der Waals surface area (Å²) in [6, 6.07) is 0. The lowest BCUT2D eigenvalue weighted by molar-refractivity contribution is -0.113. The molecule has 0 heterocycles. The van der Waals surface area contributed by atoms with Gasteiger partial charge < -0.3 is 0 Å². The molecule has 0 N–H and O–H groups in total. The first kappa shape index (κ1) is 9.68. The molecular weight excluding hydrogens is 272 g/mol. The Labute approximate surface area is 65.9 Å². The quantitative estimate of drug-likeness (QED) is 0.536. The predicted octanol–water partition coefficient (Wildman–Crippen LogP) is 3.00. The van der Waals surface area contributed by atoms with Crippen LogP contribution < -0.4 is 0 Å². The molecule has 0 fully saturated rings. The van der Waals surface area contributed by atoms with Gasteiger partial charge in [-0.1, -0.05) is 31.9 Å². The van der Waals surface area contributed by atoms with Gasteiger partial charge in [0.05, 0.1) is 0 Å². The lowest BCUT2D eigenvalue weighted by atomic mass is 10.4. The first-order valence-electron chi connectivity index (χ1n) is 1.83. The smallest absolute Gasteiger partial charge is 0.203 e. The van der Waals surface area contributed by atoms with Crippen molar-refractivity contribution in [3.63, 3.8) is 0 Å². The number of rotatable bonds is 2. The summed E-state index contributed by atoms with van der Waals surface area (Å²) >= 11 is 4.57. The highest BCUT2D eigenvalue weighted by molar-refractivity contribution is 9.24. The van der Waals surface area contributed by atoms with Gasteiger partial charge in [-0.25, -0.2) is 8.78 Å². The molecule has 0 unspecified atom stereocenters. The van der Waals surface area contributed by atoms with E-state index in [0.717, 1.165) is 0 Å². The Kier molecular flexibility index (Phi) is 3.42. The van der Waals surface area contributed by atoms with E-state index in [4.69, 9.17) is 0 Å². The van der Waals surface area contributed by atoms with Crippen molar-refractivity contribution in [2.75, 3.05) is 0 Å². The third-order valence-electron chi connectivity index (χ3n) is 0.582. The first-order valence-corrected chi connectivity index (χ1v) is 3.66. The second kappa shape index (κ2) is 3.18. The van der Waals surface area contributed by atoms with Gasteiger partial charge in [-0.05, 0) is 0 Å². The molecule has 0 atom stereocenters. The van der Waals surface area contributed by atoms with Crippen LogP contribution in [0.2, 0.25) is 0 Å². The standard InChI is InChI=1S/C3H2Br2F4/c4-1(5)3(8,9)2(6)7/h1-2H. The molecule has 0 aromatic heterocycles. The van der Waals surface area contributed by atoms with Crippen LogP contribution >= 0.6 is 31.9 Å². The van der Waals surface area contributed by atoms with Gasteiger partial charge in [0.1, 0.15) is 3.74 Å². The Bertz CT molecular complexity index is 81.8. The molecule has 0 aliphatic heterocycles. The zero-order valence-corrected chi connectivity index (χ0v) is 7.09. The van der Waals surface area contributed by atoms with Crippen LogP contribution in [0.5, 0.6) is 0 Å². The molecule has 0 aromatic carbocycles. The van der Waals surface area contributed by atoms with Gasteiger partial charge in [0, 0.05) is 0 Å². The van der Waals surface area contributed by atoms with E-state index in [1.807, 2.05) is 0 Å². The minimum Gasteiger partial charge on any atom is -0.203 e. The summed E-state index contributed by atoms with van der Waals surface area (Å²) in [7, 11) is 0. The molecule has 0 spiro atoms. The summed E-state index contributed by atoms with van der Waals surface area (Å²) in [6.45, 7) is 0. The second-order valence-electron chi connectivity index (χ2n) is 1.28. The molecule has 0 radical (unpaired) electrons. The molecule has 0 aromatic rings. The summed E-state index contributed by atoms with van der Waals surface area (Å²) in [4.78, 5) is 0. The average molecular weight is 274 g/mol. The van der Waals surface area contributed by atoms with Crippen molar-refractivity contribution < 1.29 is 17.6 Å². The summed E-state index contributed by atoms with van der Waals surface area (Å²) < 4.78 is 44.5. The Morgan fingerprint density at radius 1 is 1.11 bits per heavy atom. The topological polar surface area (TPSA) is 0 Å². The van der Waals surface area contributed by atoms with Crippen LogP contribution in [0, 0.1) is 0 Å². The molecule has 0 saturated carbocycles. The van der Waals surface area contributed by atoms with Crippen LogP contribution in [-0.2, 0) is 0 Å². The molecule has 0 aliphatic carbocycles. The first-order chi connectivity index (χ1) is 3.89. The van der Waals surface area contributed by atoms with Crippen molar-refractivity contribution in [2.24, 2.45) is 0 Å². The molecule has 0 aliphatic rings. The fourth-order valence-corrected chi connectivity index (χ4v) is 0.495. The van der Waals surface area contributed by atoms with E-state index in [1.165, 1.54) is 0 Å². The van der Waals surface area contributed by atoms with Crippen LogP contribution in [0.4, 0.5) is 17.6 Å². The van der Waals surface area contributed by atoms with E-state index in [2.05, 4.69) is 31.9 Å². The van der Waals surface area contributed by atoms with E-state index in [-0.39, 0.29) is 0 Å². The third kappa shape index (κ3) is 2.41. The highest BCUT2D eigenvalue weighted by Crippen LogP contribution is 2.34. The highest BCUT2D eigenvalue weighted by Gasteiger charge is 2.46. The van der Waals surface area contributed by atoms with Gasteiger partial charge >= 0.3 is 12.3 Å². The van der Waals surface area contributed by atoms with Crippen molar-refractivity contribution in [2.45, 2.75) is 16.1 Å². The maximum Gasteiger partial charge on any atom is 0.329 e. The maximum atomic E-state index is 11.8. The molecule has 0 amide bonds. The van der Waals surface area contributed by atoms with Crippen molar-refractivity contribution >= 4 is 31.9 Å². The van der Waals surface area contributed by atoms with Crippen LogP contribution in [0.15, 0.2) is 0 Å². The SMILES string of the molecule is FC(F)C(F)(F)C(Br)Br. The van der Waals surface area contributed by atoms with Crippen molar-refractivity contribution in [3.8, 4) is 0 Å². The number of halogens is 6.